The number of hydrogen-bond acceptors (Lipinski definition) is 3. The highest BCUT2D eigenvalue weighted by atomic mass is 79.9. The molecule has 100 valence electrons. The lowest BCUT2D eigenvalue weighted by Gasteiger charge is -2.14. The van der Waals surface area contributed by atoms with Crippen LogP contribution < -0.4 is 10.5 Å². The molecule has 4 heteroatoms. The second-order valence-corrected chi connectivity index (χ2v) is 5.26. The number of hydrogen-bond donors (Lipinski definition) is 2. The van der Waals surface area contributed by atoms with Crippen molar-refractivity contribution in [1.82, 2.24) is 0 Å². The zero-order valence-corrected chi connectivity index (χ0v) is 12.2. The molecule has 0 aliphatic heterocycles. The number of nitrogens with two attached hydrogens (primary N) is 1. The molecule has 0 fully saturated rings. The lowest BCUT2D eigenvalue weighted by atomic mass is 10.00. The molecule has 2 rings (SSSR count). The van der Waals surface area contributed by atoms with Gasteiger partial charge in [-0.25, -0.2) is 0 Å². The van der Waals surface area contributed by atoms with E-state index in [0.717, 1.165) is 21.3 Å². The van der Waals surface area contributed by atoms with Crippen LogP contribution in [-0.4, -0.2) is 12.2 Å². The molecule has 0 radical (unpaired) electrons. The summed E-state index contributed by atoms with van der Waals surface area (Å²) in [5, 5.41) is 10.3. The third kappa shape index (κ3) is 3.49. The Morgan fingerprint density at radius 2 is 2.05 bits per heavy atom. The fourth-order valence-corrected chi connectivity index (χ4v) is 2.35. The average molecular weight is 322 g/mol. The van der Waals surface area contributed by atoms with E-state index < -0.39 is 6.10 Å². The van der Waals surface area contributed by atoms with Crippen LogP contribution in [0.4, 0.5) is 5.69 Å². The van der Waals surface area contributed by atoms with Crippen LogP contribution >= 0.6 is 15.9 Å². The van der Waals surface area contributed by atoms with Crippen LogP contribution in [0.2, 0.25) is 0 Å². The lowest BCUT2D eigenvalue weighted by molar-refractivity contribution is 0.179. The van der Waals surface area contributed by atoms with E-state index in [-0.39, 0.29) is 0 Å². The Morgan fingerprint density at radius 1 is 1.26 bits per heavy atom. The van der Waals surface area contributed by atoms with Crippen molar-refractivity contribution in [3.05, 3.63) is 58.1 Å². The van der Waals surface area contributed by atoms with Gasteiger partial charge >= 0.3 is 0 Å². The Morgan fingerprint density at radius 3 is 2.79 bits per heavy atom. The third-order valence-electron chi connectivity index (χ3n) is 2.97. The molecule has 0 saturated heterocycles. The van der Waals surface area contributed by atoms with Gasteiger partial charge in [0.15, 0.2) is 0 Å². The summed E-state index contributed by atoms with van der Waals surface area (Å²) in [4.78, 5) is 0. The van der Waals surface area contributed by atoms with E-state index in [4.69, 9.17) is 10.5 Å². The molecule has 0 bridgehead atoms. The van der Waals surface area contributed by atoms with Crippen molar-refractivity contribution in [2.24, 2.45) is 0 Å². The Bertz CT molecular complexity index is 572. The summed E-state index contributed by atoms with van der Waals surface area (Å²) >= 11 is 3.39. The predicted octanol–water partition coefficient (Wildman–Crippen LogP) is 3.32. The summed E-state index contributed by atoms with van der Waals surface area (Å²) < 4.78 is 6.08. The predicted molar refractivity (Wildman–Crippen MR) is 80.2 cm³/mol. The topological polar surface area (TPSA) is 55.5 Å². The summed E-state index contributed by atoms with van der Waals surface area (Å²) in [7, 11) is 1.63. The van der Waals surface area contributed by atoms with E-state index in [1.165, 1.54) is 0 Å². The molecule has 3 nitrogen and oxygen atoms in total. The molecule has 2 aromatic carbocycles. The monoisotopic (exact) mass is 321 g/mol. The number of methoxy groups -OCH3 is 1. The first-order valence-corrected chi connectivity index (χ1v) is 6.75. The Kier molecular flexibility index (Phi) is 4.45. The van der Waals surface area contributed by atoms with Gasteiger partial charge in [-0.3, -0.25) is 0 Å². The molecule has 0 aliphatic carbocycles. The number of anilines is 1. The molecular weight excluding hydrogens is 306 g/mol. The van der Waals surface area contributed by atoms with Gasteiger partial charge in [-0.05, 0) is 35.9 Å². The van der Waals surface area contributed by atoms with Crippen LogP contribution in [0, 0.1) is 0 Å². The van der Waals surface area contributed by atoms with E-state index >= 15 is 0 Å². The highest BCUT2D eigenvalue weighted by Gasteiger charge is 2.12. The van der Waals surface area contributed by atoms with Crippen molar-refractivity contribution in [2.45, 2.75) is 12.5 Å². The van der Waals surface area contributed by atoms with Gasteiger partial charge in [-0.15, -0.1) is 0 Å². The van der Waals surface area contributed by atoms with E-state index in [9.17, 15) is 5.11 Å². The van der Waals surface area contributed by atoms with E-state index in [1.807, 2.05) is 36.4 Å². The highest BCUT2D eigenvalue weighted by Crippen LogP contribution is 2.27. The minimum Gasteiger partial charge on any atom is -0.497 e. The normalized spacial score (nSPS) is 12.2. The van der Waals surface area contributed by atoms with Gasteiger partial charge in [-0.2, -0.15) is 0 Å². The number of rotatable bonds is 4. The van der Waals surface area contributed by atoms with Crippen LogP contribution in [0.15, 0.2) is 46.9 Å². The first kappa shape index (κ1) is 13.9. The van der Waals surface area contributed by atoms with Crippen LogP contribution in [0.1, 0.15) is 17.2 Å². The van der Waals surface area contributed by atoms with Crippen molar-refractivity contribution in [3.63, 3.8) is 0 Å². The molecule has 2 aromatic rings. The van der Waals surface area contributed by atoms with Gasteiger partial charge in [0.1, 0.15) is 5.75 Å². The molecule has 19 heavy (non-hydrogen) atoms. The molecule has 0 amide bonds. The number of nitrogen functional groups attached to an aromatic ring is 1. The fourth-order valence-electron chi connectivity index (χ4n) is 1.97. The van der Waals surface area contributed by atoms with Gasteiger partial charge in [0.05, 0.1) is 13.2 Å². The zero-order valence-electron chi connectivity index (χ0n) is 10.6. The first-order chi connectivity index (χ1) is 9.10. The minimum atomic E-state index is -0.635. The number of aliphatic hydroxyl groups excluding tert-OH is 1. The molecule has 1 unspecified atom stereocenters. The number of halogens is 1. The number of benzene rings is 2. The van der Waals surface area contributed by atoms with E-state index in [2.05, 4.69) is 15.9 Å². The molecule has 0 spiro atoms. The van der Waals surface area contributed by atoms with Crippen molar-refractivity contribution >= 4 is 21.6 Å². The van der Waals surface area contributed by atoms with Crippen molar-refractivity contribution in [1.29, 1.82) is 0 Å². The summed E-state index contributed by atoms with van der Waals surface area (Å²) in [6, 6.07) is 13.2. The average Bonchev–Trinajstić information content (AvgIpc) is 2.41. The summed E-state index contributed by atoms with van der Waals surface area (Å²) in [6.07, 6.45) is -0.137. The van der Waals surface area contributed by atoms with Gasteiger partial charge in [0.2, 0.25) is 0 Å². The summed E-state index contributed by atoms with van der Waals surface area (Å²) in [6.45, 7) is 0. The SMILES string of the molecule is COc1cccc(CC(O)c2cc(Br)ccc2N)c1. The Balaban J connectivity index is 2.20. The maximum Gasteiger partial charge on any atom is 0.119 e. The largest absolute Gasteiger partial charge is 0.497 e. The zero-order chi connectivity index (χ0) is 13.8. The number of ether oxygens (including phenoxy) is 1. The maximum absolute atomic E-state index is 10.3. The van der Waals surface area contributed by atoms with Crippen LogP contribution in [-0.2, 0) is 6.42 Å². The quantitative estimate of drug-likeness (QED) is 0.849. The molecule has 0 saturated carbocycles. The second kappa shape index (κ2) is 6.08. The smallest absolute Gasteiger partial charge is 0.119 e. The highest BCUT2D eigenvalue weighted by molar-refractivity contribution is 9.10. The minimum absolute atomic E-state index is 0.498. The van der Waals surface area contributed by atoms with Gasteiger partial charge < -0.3 is 15.6 Å². The van der Waals surface area contributed by atoms with Crippen molar-refractivity contribution < 1.29 is 9.84 Å². The molecule has 0 aromatic heterocycles. The summed E-state index contributed by atoms with van der Waals surface area (Å²) in [5.41, 5.74) is 8.23. The molecular formula is C15H16BrNO2. The Labute approximate surface area is 121 Å². The van der Waals surface area contributed by atoms with E-state index in [0.29, 0.717) is 12.1 Å². The second-order valence-electron chi connectivity index (χ2n) is 4.34. The Hall–Kier alpha value is -1.52. The summed E-state index contributed by atoms with van der Waals surface area (Å²) in [5.74, 6) is 0.784. The number of aliphatic hydroxyl groups is 1. The molecule has 0 heterocycles. The molecule has 0 aliphatic rings. The van der Waals surface area contributed by atoms with Crippen molar-refractivity contribution in [3.8, 4) is 5.75 Å². The molecule has 1 atom stereocenters. The van der Waals surface area contributed by atoms with Crippen LogP contribution in [0.3, 0.4) is 0 Å². The fraction of sp³-hybridized carbons (Fsp3) is 0.200. The standard InChI is InChI=1S/C15H16BrNO2/c1-19-12-4-2-3-10(7-12)8-15(18)13-9-11(16)5-6-14(13)17/h2-7,9,15,18H,8,17H2,1H3. The van der Waals surface area contributed by atoms with Gasteiger partial charge in [0.25, 0.3) is 0 Å². The van der Waals surface area contributed by atoms with Crippen LogP contribution in [0.5, 0.6) is 5.75 Å². The van der Waals surface area contributed by atoms with Crippen LogP contribution in [0.25, 0.3) is 0 Å². The van der Waals surface area contributed by atoms with Gasteiger partial charge in [-0.1, -0.05) is 28.1 Å². The third-order valence-corrected chi connectivity index (χ3v) is 3.46. The van der Waals surface area contributed by atoms with E-state index in [1.54, 1.807) is 13.2 Å². The van der Waals surface area contributed by atoms with Gasteiger partial charge in [0, 0.05) is 22.1 Å². The van der Waals surface area contributed by atoms with Crippen molar-refractivity contribution in [2.75, 3.05) is 12.8 Å². The first-order valence-electron chi connectivity index (χ1n) is 5.96. The lowest BCUT2D eigenvalue weighted by Crippen LogP contribution is -2.05. The molecule has 3 N–H and O–H groups in total. The maximum atomic E-state index is 10.3.